The lowest BCUT2D eigenvalue weighted by atomic mass is 10.0. The van der Waals surface area contributed by atoms with E-state index in [9.17, 15) is 28.0 Å². The van der Waals surface area contributed by atoms with Crippen molar-refractivity contribution in [3.63, 3.8) is 0 Å². The van der Waals surface area contributed by atoms with Gasteiger partial charge in [-0.2, -0.15) is 0 Å². The van der Waals surface area contributed by atoms with Gasteiger partial charge in [0, 0.05) is 6.42 Å². The Morgan fingerprint density at radius 1 is 1.18 bits per heavy atom. The van der Waals surface area contributed by atoms with Gasteiger partial charge in [0.05, 0.1) is 14.7 Å². The highest BCUT2D eigenvalue weighted by Gasteiger charge is 2.46. The summed E-state index contributed by atoms with van der Waals surface area (Å²) in [4.78, 5) is 48.3. The molecule has 0 bridgehead atoms. The van der Waals surface area contributed by atoms with Gasteiger partial charge in [-0.05, 0) is 35.1 Å². The SMILES string of the molecule is O=C1CC[C@H](N2C(=O)c3cc(F)c(F)c(I)c3C2=O)C(=O)N1. The third-order valence-corrected chi connectivity index (χ3v) is 4.58. The zero-order chi connectivity index (χ0) is 16.2. The lowest BCUT2D eigenvalue weighted by Crippen LogP contribution is -2.54. The summed E-state index contributed by atoms with van der Waals surface area (Å²) in [5.74, 6) is -5.46. The Labute approximate surface area is 136 Å². The first kappa shape index (κ1) is 15.0. The van der Waals surface area contributed by atoms with Gasteiger partial charge in [-0.25, -0.2) is 8.78 Å². The summed E-state index contributed by atoms with van der Waals surface area (Å²) in [5, 5.41) is 2.04. The van der Waals surface area contributed by atoms with E-state index in [2.05, 4.69) is 0 Å². The fourth-order valence-corrected chi connectivity index (χ4v) is 3.31. The highest BCUT2D eigenvalue weighted by molar-refractivity contribution is 14.1. The molecule has 2 heterocycles. The molecule has 0 aliphatic carbocycles. The molecule has 1 aromatic rings. The van der Waals surface area contributed by atoms with Gasteiger partial charge in [0.15, 0.2) is 11.6 Å². The number of benzene rings is 1. The molecule has 2 aliphatic rings. The minimum Gasteiger partial charge on any atom is -0.295 e. The summed E-state index contributed by atoms with van der Waals surface area (Å²) in [7, 11) is 0. The van der Waals surface area contributed by atoms with E-state index < -0.39 is 41.3 Å². The molecular formula is C13H7F2IN2O4. The number of nitrogens with one attached hydrogen (secondary N) is 1. The second kappa shape index (κ2) is 5.07. The van der Waals surface area contributed by atoms with Crippen LogP contribution >= 0.6 is 22.6 Å². The van der Waals surface area contributed by atoms with E-state index in [0.717, 1.165) is 0 Å². The number of carbonyl (C=O) groups excluding carboxylic acids is 4. The van der Waals surface area contributed by atoms with Crippen LogP contribution in [0.25, 0.3) is 0 Å². The summed E-state index contributed by atoms with van der Waals surface area (Å²) in [6.45, 7) is 0. The van der Waals surface area contributed by atoms with E-state index >= 15 is 0 Å². The molecule has 9 heteroatoms. The third-order valence-electron chi connectivity index (χ3n) is 3.57. The molecule has 1 N–H and O–H groups in total. The summed E-state index contributed by atoms with van der Waals surface area (Å²) in [5.41, 5.74) is -0.535. The van der Waals surface area contributed by atoms with E-state index in [1.54, 1.807) is 0 Å². The van der Waals surface area contributed by atoms with Crippen molar-refractivity contribution >= 4 is 46.2 Å². The molecule has 0 unspecified atom stereocenters. The molecule has 0 radical (unpaired) electrons. The van der Waals surface area contributed by atoms with Gasteiger partial charge < -0.3 is 0 Å². The second-order valence-corrected chi connectivity index (χ2v) is 5.93. The number of rotatable bonds is 1. The van der Waals surface area contributed by atoms with Crippen molar-refractivity contribution in [1.29, 1.82) is 0 Å². The number of imide groups is 2. The van der Waals surface area contributed by atoms with Crippen molar-refractivity contribution in [2.75, 3.05) is 0 Å². The molecule has 0 aromatic heterocycles. The molecule has 114 valence electrons. The summed E-state index contributed by atoms with van der Waals surface area (Å²) in [6, 6.07) is -0.508. The standard InChI is InChI=1S/C13H7F2IN2O4/c14-5-3-4-8(10(16)9(5)15)13(22)18(12(4)21)6-1-2-7(19)17-11(6)20/h3,6H,1-2H2,(H,17,19,20)/t6-/m0/s1. The van der Waals surface area contributed by atoms with E-state index in [0.29, 0.717) is 11.0 Å². The van der Waals surface area contributed by atoms with E-state index in [1.807, 2.05) is 5.32 Å². The first-order chi connectivity index (χ1) is 10.3. The van der Waals surface area contributed by atoms with Crippen molar-refractivity contribution in [3.05, 3.63) is 32.4 Å². The van der Waals surface area contributed by atoms with Crippen molar-refractivity contribution in [1.82, 2.24) is 10.2 Å². The van der Waals surface area contributed by atoms with Gasteiger partial charge in [-0.15, -0.1) is 0 Å². The summed E-state index contributed by atoms with van der Waals surface area (Å²) in [6.07, 6.45) is -0.0404. The average molecular weight is 420 g/mol. The highest BCUT2D eigenvalue weighted by Crippen LogP contribution is 2.32. The third kappa shape index (κ3) is 2.02. The van der Waals surface area contributed by atoms with E-state index in [1.165, 1.54) is 22.6 Å². The fraction of sp³-hybridized carbons (Fsp3) is 0.231. The minimum absolute atomic E-state index is 0.0162. The Morgan fingerprint density at radius 2 is 1.86 bits per heavy atom. The quantitative estimate of drug-likeness (QED) is 0.417. The highest BCUT2D eigenvalue weighted by atomic mass is 127. The normalized spacial score (nSPS) is 21.2. The van der Waals surface area contributed by atoms with Gasteiger partial charge in [0.2, 0.25) is 11.8 Å². The molecule has 3 rings (SSSR count). The van der Waals surface area contributed by atoms with Gasteiger partial charge in [-0.3, -0.25) is 29.4 Å². The van der Waals surface area contributed by atoms with Crippen LogP contribution in [0.3, 0.4) is 0 Å². The van der Waals surface area contributed by atoms with Crippen molar-refractivity contribution in [2.45, 2.75) is 18.9 Å². The molecular weight excluding hydrogens is 413 g/mol. The van der Waals surface area contributed by atoms with Crippen molar-refractivity contribution < 1.29 is 28.0 Å². The van der Waals surface area contributed by atoms with Crippen LogP contribution in [0.2, 0.25) is 0 Å². The lowest BCUT2D eigenvalue weighted by Gasteiger charge is -2.27. The maximum atomic E-state index is 13.6. The van der Waals surface area contributed by atoms with Crippen LogP contribution in [0, 0.1) is 15.2 Å². The zero-order valence-corrected chi connectivity index (χ0v) is 12.9. The fourth-order valence-electron chi connectivity index (χ4n) is 2.53. The predicted octanol–water partition coefficient (Wildman–Crippen LogP) is 0.971. The Balaban J connectivity index is 2.06. The lowest BCUT2D eigenvalue weighted by molar-refractivity contribution is -0.136. The first-order valence-corrected chi connectivity index (χ1v) is 7.30. The van der Waals surface area contributed by atoms with E-state index in [4.69, 9.17) is 0 Å². The first-order valence-electron chi connectivity index (χ1n) is 6.22. The smallest absolute Gasteiger partial charge is 0.263 e. The van der Waals surface area contributed by atoms with E-state index in [-0.39, 0.29) is 27.5 Å². The Hall–Kier alpha value is -1.91. The number of nitrogens with zero attached hydrogens (tertiary/aromatic N) is 1. The monoisotopic (exact) mass is 420 g/mol. The number of amides is 4. The second-order valence-electron chi connectivity index (χ2n) is 4.86. The molecule has 2 aliphatic heterocycles. The summed E-state index contributed by atoms with van der Waals surface area (Å²) >= 11 is 1.44. The molecule has 6 nitrogen and oxygen atoms in total. The van der Waals surface area contributed by atoms with Crippen LogP contribution in [0.1, 0.15) is 33.6 Å². The molecule has 4 amide bonds. The number of piperidine rings is 1. The van der Waals surface area contributed by atoms with Gasteiger partial charge in [-0.1, -0.05) is 0 Å². The maximum absolute atomic E-state index is 13.6. The van der Waals surface area contributed by atoms with Crippen molar-refractivity contribution in [2.24, 2.45) is 0 Å². The van der Waals surface area contributed by atoms with Crippen LogP contribution in [-0.4, -0.2) is 34.6 Å². The number of hydrogen-bond acceptors (Lipinski definition) is 4. The van der Waals surface area contributed by atoms with Crippen LogP contribution < -0.4 is 5.32 Å². The van der Waals surface area contributed by atoms with Gasteiger partial charge >= 0.3 is 0 Å². The minimum atomic E-state index is -1.24. The van der Waals surface area contributed by atoms with Gasteiger partial charge in [0.25, 0.3) is 11.8 Å². The number of hydrogen-bond donors (Lipinski definition) is 1. The maximum Gasteiger partial charge on any atom is 0.263 e. The molecule has 1 atom stereocenters. The topological polar surface area (TPSA) is 83.6 Å². The largest absolute Gasteiger partial charge is 0.295 e. The Kier molecular flexibility index (Phi) is 3.46. The average Bonchev–Trinajstić information content (AvgIpc) is 2.69. The Bertz CT molecular complexity index is 765. The van der Waals surface area contributed by atoms with Crippen molar-refractivity contribution in [3.8, 4) is 0 Å². The molecule has 1 saturated heterocycles. The molecule has 1 fully saturated rings. The summed E-state index contributed by atoms with van der Waals surface area (Å²) < 4.78 is 26.7. The molecule has 1 aromatic carbocycles. The Morgan fingerprint density at radius 3 is 2.50 bits per heavy atom. The number of fused-ring (bicyclic) bond motifs is 1. The number of halogens is 3. The predicted molar refractivity (Wildman–Crippen MR) is 75.7 cm³/mol. The molecule has 0 spiro atoms. The van der Waals surface area contributed by atoms with Crippen LogP contribution in [0.5, 0.6) is 0 Å². The molecule has 22 heavy (non-hydrogen) atoms. The van der Waals surface area contributed by atoms with Gasteiger partial charge in [0.1, 0.15) is 6.04 Å². The van der Waals surface area contributed by atoms with Crippen LogP contribution in [0.4, 0.5) is 8.78 Å². The van der Waals surface area contributed by atoms with Crippen LogP contribution in [-0.2, 0) is 9.59 Å². The number of carbonyl (C=O) groups is 4. The van der Waals surface area contributed by atoms with Crippen LogP contribution in [0.15, 0.2) is 6.07 Å². The molecule has 0 saturated carbocycles. The zero-order valence-electron chi connectivity index (χ0n) is 10.8.